The van der Waals surface area contributed by atoms with Crippen LogP contribution in [0.2, 0.25) is 10.0 Å². The van der Waals surface area contributed by atoms with Crippen LogP contribution in [0.15, 0.2) is 72.8 Å². The quantitative estimate of drug-likeness (QED) is 0.381. The largest absolute Gasteiger partial charge is 0.486 e. The van der Waals surface area contributed by atoms with E-state index in [2.05, 4.69) is 0 Å². The molecule has 5 nitrogen and oxygen atoms in total. The Morgan fingerprint density at radius 2 is 1.38 bits per heavy atom. The van der Waals surface area contributed by atoms with Crippen LogP contribution in [0.5, 0.6) is 5.75 Å². The number of rotatable bonds is 10. The Balaban J connectivity index is 1.73. The van der Waals surface area contributed by atoms with Crippen molar-refractivity contribution in [2.45, 2.75) is 12.5 Å². The van der Waals surface area contributed by atoms with Crippen molar-refractivity contribution >= 4 is 35.0 Å². The van der Waals surface area contributed by atoms with E-state index in [1.165, 1.54) is 0 Å². The van der Waals surface area contributed by atoms with Crippen LogP contribution in [0.4, 0.5) is 0 Å². The van der Waals surface area contributed by atoms with Crippen LogP contribution in [0.25, 0.3) is 0 Å². The molecule has 0 bridgehead atoms. The number of ketones is 1. The third kappa shape index (κ3) is 6.82. The molecular formula is C25H23Cl2NO4. The maximum absolute atomic E-state index is 12.7. The Kier molecular flexibility index (Phi) is 8.28. The summed E-state index contributed by atoms with van der Waals surface area (Å²) in [6, 6.07) is 21.1. The lowest BCUT2D eigenvalue weighted by molar-refractivity contribution is -0.138. The number of aliphatic carboxylic acids is 1. The number of benzene rings is 3. The van der Waals surface area contributed by atoms with Crippen LogP contribution in [0.1, 0.15) is 34.0 Å². The smallest absolute Gasteiger partial charge is 0.317 e. The summed E-state index contributed by atoms with van der Waals surface area (Å²) in [4.78, 5) is 25.3. The van der Waals surface area contributed by atoms with Gasteiger partial charge in [0, 0.05) is 34.1 Å². The number of halogens is 2. The molecule has 0 spiro atoms. The normalized spacial score (nSPS) is 11.9. The fourth-order valence-corrected chi connectivity index (χ4v) is 3.49. The molecule has 3 aromatic rings. The zero-order chi connectivity index (χ0) is 23.1. The monoisotopic (exact) mass is 471 g/mol. The third-order valence-electron chi connectivity index (χ3n) is 4.92. The van der Waals surface area contributed by atoms with E-state index in [0.717, 1.165) is 5.56 Å². The minimum absolute atomic E-state index is 0.0468. The van der Waals surface area contributed by atoms with E-state index in [1.54, 1.807) is 72.6 Å². The lowest BCUT2D eigenvalue weighted by Crippen LogP contribution is -2.28. The number of carbonyl (C=O) groups is 2. The van der Waals surface area contributed by atoms with Crippen molar-refractivity contribution in [2.24, 2.45) is 0 Å². The van der Waals surface area contributed by atoms with Gasteiger partial charge >= 0.3 is 5.97 Å². The van der Waals surface area contributed by atoms with Crippen molar-refractivity contribution in [2.75, 3.05) is 20.1 Å². The summed E-state index contributed by atoms with van der Waals surface area (Å²) in [7, 11) is 1.75. The maximum Gasteiger partial charge on any atom is 0.317 e. The molecule has 3 aromatic carbocycles. The molecule has 0 aliphatic rings. The minimum atomic E-state index is -0.877. The molecular weight excluding hydrogens is 449 g/mol. The van der Waals surface area contributed by atoms with Gasteiger partial charge in [-0.2, -0.15) is 0 Å². The predicted octanol–water partition coefficient (Wildman–Crippen LogP) is 5.75. The molecule has 1 atom stereocenters. The molecule has 0 saturated heterocycles. The van der Waals surface area contributed by atoms with E-state index in [-0.39, 0.29) is 18.4 Å². The average molecular weight is 472 g/mol. The predicted molar refractivity (Wildman–Crippen MR) is 126 cm³/mol. The lowest BCUT2D eigenvalue weighted by atomic mass is 10.0. The second-order valence-electron chi connectivity index (χ2n) is 7.44. The van der Waals surface area contributed by atoms with Crippen LogP contribution in [-0.4, -0.2) is 41.9 Å². The zero-order valence-electron chi connectivity index (χ0n) is 17.5. The van der Waals surface area contributed by atoms with E-state index in [0.29, 0.717) is 39.9 Å². The summed E-state index contributed by atoms with van der Waals surface area (Å²) in [5.74, 6) is -0.367. The number of hydrogen-bond donors (Lipinski definition) is 1. The van der Waals surface area contributed by atoms with Gasteiger partial charge in [-0.05, 0) is 73.3 Å². The van der Waals surface area contributed by atoms with Crippen LogP contribution in [0.3, 0.4) is 0 Å². The Labute approximate surface area is 197 Å². The van der Waals surface area contributed by atoms with Crippen LogP contribution in [0, 0.1) is 0 Å². The second-order valence-corrected chi connectivity index (χ2v) is 8.31. The van der Waals surface area contributed by atoms with Crippen molar-refractivity contribution < 1.29 is 19.4 Å². The molecule has 0 aliphatic carbocycles. The van der Waals surface area contributed by atoms with Crippen LogP contribution < -0.4 is 4.74 Å². The molecule has 7 heteroatoms. The summed E-state index contributed by atoms with van der Waals surface area (Å²) in [6.07, 6.45) is 0.276. The average Bonchev–Trinajstić information content (AvgIpc) is 2.77. The summed E-state index contributed by atoms with van der Waals surface area (Å²) >= 11 is 11.9. The van der Waals surface area contributed by atoms with E-state index in [4.69, 9.17) is 33.0 Å². The number of ether oxygens (including phenoxy) is 1. The molecule has 0 aliphatic heterocycles. The standard InChI is InChI=1S/C25H23Cl2NO4/c1-28(16-24(29)30)15-14-23(17-2-8-20(26)9-3-17)32-22-12-6-19(7-13-22)25(31)18-4-10-21(27)11-5-18/h2-13,23H,14-16H2,1H3,(H,29,30). The highest BCUT2D eigenvalue weighted by Crippen LogP contribution is 2.27. The molecule has 166 valence electrons. The second kappa shape index (κ2) is 11.1. The number of carbonyl (C=O) groups excluding carboxylic acids is 1. The molecule has 0 aromatic heterocycles. The topological polar surface area (TPSA) is 66.8 Å². The first-order valence-electron chi connectivity index (χ1n) is 10.0. The molecule has 1 unspecified atom stereocenters. The van der Waals surface area contributed by atoms with Gasteiger partial charge in [0.05, 0.1) is 6.54 Å². The van der Waals surface area contributed by atoms with Crippen LogP contribution in [-0.2, 0) is 4.79 Å². The van der Waals surface area contributed by atoms with Gasteiger partial charge in [0.1, 0.15) is 11.9 Å². The number of nitrogens with zero attached hydrogens (tertiary/aromatic N) is 1. The highest BCUT2D eigenvalue weighted by atomic mass is 35.5. The van der Waals surface area contributed by atoms with Gasteiger partial charge in [0.2, 0.25) is 0 Å². The molecule has 0 fully saturated rings. The Morgan fingerprint density at radius 3 is 1.91 bits per heavy atom. The highest BCUT2D eigenvalue weighted by Gasteiger charge is 2.16. The molecule has 0 heterocycles. The number of likely N-dealkylation sites (N-methyl/N-ethyl adjacent to an activating group) is 1. The SMILES string of the molecule is CN(CCC(Oc1ccc(C(=O)c2ccc(Cl)cc2)cc1)c1ccc(Cl)cc1)CC(=O)O. The highest BCUT2D eigenvalue weighted by molar-refractivity contribution is 6.31. The molecule has 3 rings (SSSR count). The number of carboxylic acid groups (broad SMARTS) is 1. The lowest BCUT2D eigenvalue weighted by Gasteiger charge is -2.22. The Morgan fingerprint density at radius 1 is 0.875 bits per heavy atom. The van der Waals surface area contributed by atoms with Gasteiger partial charge in [-0.25, -0.2) is 0 Å². The Hall–Kier alpha value is -2.86. The van der Waals surface area contributed by atoms with Crippen molar-refractivity contribution in [1.29, 1.82) is 0 Å². The first-order chi connectivity index (χ1) is 15.3. The fraction of sp³-hybridized carbons (Fsp3) is 0.200. The van der Waals surface area contributed by atoms with E-state index < -0.39 is 5.97 Å². The molecule has 0 radical (unpaired) electrons. The van der Waals surface area contributed by atoms with Gasteiger partial charge in [0.15, 0.2) is 5.78 Å². The van der Waals surface area contributed by atoms with Gasteiger partial charge in [-0.1, -0.05) is 35.3 Å². The van der Waals surface area contributed by atoms with Crippen molar-refractivity contribution in [3.05, 3.63) is 99.5 Å². The van der Waals surface area contributed by atoms with Gasteiger partial charge < -0.3 is 9.84 Å². The van der Waals surface area contributed by atoms with Gasteiger partial charge in [0.25, 0.3) is 0 Å². The molecule has 0 saturated carbocycles. The van der Waals surface area contributed by atoms with Gasteiger partial charge in [-0.15, -0.1) is 0 Å². The summed E-state index contributed by atoms with van der Waals surface area (Å²) in [6.45, 7) is 0.488. The first kappa shape index (κ1) is 23.8. The summed E-state index contributed by atoms with van der Waals surface area (Å²) < 4.78 is 6.21. The molecule has 1 N–H and O–H groups in total. The maximum atomic E-state index is 12.7. The zero-order valence-corrected chi connectivity index (χ0v) is 19.0. The van der Waals surface area contributed by atoms with E-state index >= 15 is 0 Å². The Bertz CT molecular complexity index is 1050. The third-order valence-corrected chi connectivity index (χ3v) is 5.43. The summed E-state index contributed by atoms with van der Waals surface area (Å²) in [5, 5.41) is 10.2. The van der Waals surface area contributed by atoms with Crippen molar-refractivity contribution in [3.8, 4) is 5.75 Å². The summed E-state index contributed by atoms with van der Waals surface area (Å²) in [5.41, 5.74) is 2.03. The number of carboxylic acids is 1. The molecule has 0 amide bonds. The fourth-order valence-electron chi connectivity index (χ4n) is 3.24. The van der Waals surface area contributed by atoms with Gasteiger partial charge in [-0.3, -0.25) is 14.5 Å². The van der Waals surface area contributed by atoms with Crippen LogP contribution >= 0.6 is 23.2 Å². The van der Waals surface area contributed by atoms with E-state index in [9.17, 15) is 9.59 Å². The van der Waals surface area contributed by atoms with Crippen molar-refractivity contribution in [1.82, 2.24) is 4.90 Å². The minimum Gasteiger partial charge on any atom is -0.486 e. The number of hydrogen-bond acceptors (Lipinski definition) is 4. The first-order valence-corrected chi connectivity index (χ1v) is 10.8. The van der Waals surface area contributed by atoms with Crippen molar-refractivity contribution in [3.63, 3.8) is 0 Å². The molecule has 32 heavy (non-hydrogen) atoms. The van der Waals surface area contributed by atoms with E-state index in [1.807, 2.05) is 12.1 Å².